The first-order valence-electron chi connectivity index (χ1n) is 34.0. The van der Waals surface area contributed by atoms with Crippen molar-refractivity contribution in [3.8, 4) is 0 Å². The highest BCUT2D eigenvalue weighted by atomic mass is 31.2. The normalized spacial score (nSPS) is 14.2. The minimum atomic E-state index is -4.36. The zero-order valence-corrected chi connectivity index (χ0v) is 54.2. The number of aliphatic hydroxyl groups is 1. The summed E-state index contributed by atoms with van der Waals surface area (Å²) in [5.41, 5.74) is 0. The van der Waals surface area contributed by atoms with Gasteiger partial charge in [0.1, 0.15) is 13.2 Å². The van der Waals surface area contributed by atoms with Gasteiger partial charge in [-0.05, 0) is 83.5 Å². The molecule has 0 radical (unpaired) electrons. The number of hydrogen-bond donors (Lipinski definition) is 3. The quantitative estimate of drug-likeness (QED) is 0.0243. The Balaban J connectivity index is 3.98. The molecule has 0 aromatic heterocycles. The number of phosphoric acid groups is 1. The largest absolute Gasteiger partial charge is 0.472 e. The molecule has 0 bridgehead atoms. The summed E-state index contributed by atoms with van der Waals surface area (Å²) in [6, 6.07) is -0.872. The number of nitrogens with zero attached hydrogens (tertiary/aromatic N) is 1. The van der Waals surface area contributed by atoms with Crippen molar-refractivity contribution in [1.29, 1.82) is 0 Å². The van der Waals surface area contributed by atoms with Crippen LogP contribution in [0.25, 0.3) is 0 Å². The summed E-state index contributed by atoms with van der Waals surface area (Å²) in [4.78, 5) is 23.4. The van der Waals surface area contributed by atoms with Gasteiger partial charge in [-0.15, -0.1) is 0 Å². The first-order valence-corrected chi connectivity index (χ1v) is 35.5. The Kier molecular flexibility index (Phi) is 59.5. The number of likely N-dealkylation sites (N-methyl/N-ethyl adjacent to an activating group) is 1. The minimum absolute atomic E-state index is 0.0530. The number of unbranched alkanes of at least 4 members (excludes halogenated alkanes) is 37. The van der Waals surface area contributed by atoms with Crippen LogP contribution in [0.4, 0.5) is 0 Å². The highest BCUT2D eigenvalue weighted by Gasteiger charge is 2.28. The third-order valence-electron chi connectivity index (χ3n) is 15.1. The predicted molar refractivity (Wildman–Crippen MR) is 350 cm³/mol. The number of amides is 1. The van der Waals surface area contributed by atoms with E-state index >= 15 is 0 Å². The fraction of sp³-hybridized carbons (Fsp3) is 0.789. The van der Waals surface area contributed by atoms with E-state index in [-0.39, 0.29) is 19.1 Å². The van der Waals surface area contributed by atoms with Crippen LogP contribution in [-0.4, -0.2) is 73.4 Å². The van der Waals surface area contributed by atoms with Gasteiger partial charge in [-0.25, -0.2) is 4.57 Å². The number of carbonyl (C=O) groups is 1. The van der Waals surface area contributed by atoms with Crippen molar-refractivity contribution in [2.45, 2.75) is 321 Å². The van der Waals surface area contributed by atoms with E-state index in [1.807, 2.05) is 27.2 Å². The molecule has 0 rings (SSSR count). The molecule has 1 amide bonds. The molecule has 0 aliphatic carbocycles. The van der Waals surface area contributed by atoms with Gasteiger partial charge in [0.2, 0.25) is 5.91 Å². The van der Waals surface area contributed by atoms with Crippen LogP contribution in [0, 0.1) is 0 Å². The van der Waals surface area contributed by atoms with E-state index in [1.165, 1.54) is 218 Å². The number of quaternary nitrogens is 1. The summed E-state index contributed by atoms with van der Waals surface area (Å²) in [6.45, 7) is 4.70. The molecule has 0 aliphatic heterocycles. The minimum Gasteiger partial charge on any atom is -0.387 e. The first kappa shape index (κ1) is 77.7. The molecule has 3 unspecified atom stereocenters. The molecule has 3 atom stereocenters. The van der Waals surface area contributed by atoms with Crippen LogP contribution < -0.4 is 5.32 Å². The van der Waals surface area contributed by atoms with Gasteiger partial charge in [-0.3, -0.25) is 13.8 Å². The second kappa shape index (κ2) is 61.2. The Morgan fingerprint density at radius 1 is 0.438 bits per heavy atom. The molecule has 9 heteroatoms. The maximum atomic E-state index is 13.0. The highest BCUT2D eigenvalue weighted by molar-refractivity contribution is 7.47. The molecule has 0 saturated heterocycles. The van der Waals surface area contributed by atoms with Crippen LogP contribution in [-0.2, 0) is 18.4 Å². The van der Waals surface area contributed by atoms with Crippen molar-refractivity contribution >= 4 is 13.7 Å². The lowest BCUT2D eigenvalue weighted by Crippen LogP contribution is -2.45. The fourth-order valence-corrected chi connectivity index (χ4v) is 10.6. The van der Waals surface area contributed by atoms with Crippen LogP contribution in [0.15, 0.2) is 85.1 Å². The number of nitrogens with one attached hydrogen (secondary N) is 1. The smallest absolute Gasteiger partial charge is 0.387 e. The number of hydrogen-bond acceptors (Lipinski definition) is 5. The van der Waals surface area contributed by atoms with Gasteiger partial charge in [0, 0.05) is 6.42 Å². The van der Waals surface area contributed by atoms with Gasteiger partial charge >= 0.3 is 7.82 Å². The summed E-state index contributed by atoms with van der Waals surface area (Å²) in [6.07, 6.45) is 87.4. The summed E-state index contributed by atoms with van der Waals surface area (Å²) < 4.78 is 23.7. The van der Waals surface area contributed by atoms with Gasteiger partial charge in [-0.1, -0.05) is 304 Å². The summed E-state index contributed by atoms with van der Waals surface area (Å²) in [7, 11) is 1.55. The lowest BCUT2D eigenvalue weighted by Gasteiger charge is -2.25. The zero-order valence-electron chi connectivity index (χ0n) is 53.3. The lowest BCUT2D eigenvalue weighted by atomic mass is 10.0. The molecular weight excluding hydrogens is 1010 g/mol. The highest BCUT2D eigenvalue weighted by Crippen LogP contribution is 2.43. The Labute approximate surface area is 497 Å². The van der Waals surface area contributed by atoms with Crippen molar-refractivity contribution < 1.29 is 32.9 Å². The van der Waals surface area contributed by atoms with Gasteiger partial charge in [0.25, 0.3) is 0 Å². The average molecular weight is 1140 g/mol. The Morgan fingerprint density at radius 2 is 0.762 bits per heavy atom. The van der Waals surface area contributed by atoms with Crippen LogP contribution in [0.3, 0.4) is 0 Å². The van der Waals surface area contributed by atoms with Crippen LogP contribution in [0.1, 0.15) is 309 Å². The van der Waals surface area contributed by atoms with Crippen molar-refractivity contribution in [2.24, 2.45) is 0 Å². The Hall–Kier alpha value is -2.32. The summed E-state index contributed by atoms with van der Waals surface area (Å²) >= 11 is 0. The number of allylic oxidation sites excluding steroid dienone is 13. The van der Waals surface area contributed by atoms with E-state index in [9.17, 15) is 19.4 Å². The predicted octanol–water partition coefficient (Wildman–Crippen LogP) is 21.5. The average Bonchev–Trinajstić information content (AvgIpc) is 3.42. The first-order chi connectivity index (χ1) is 39.0. The van der Waals surface area contributed by atoms with Gasteiger partial charge in [0.15, 0.2) is 0 Å². The second-order valence-electron chi connectivity index (χ2n) is 24.2. The van der Waals surface area contributed by atoms with E-state index < -0.39 is 20.0 Å². The lowest BCUT2D eigenvalue weighted by molar-refractivity contribution is -0.870. The molecule has 80 heavy (non-hydrogen) atoms. The third-order valence-corrected chi connectivity index (χ3v) is 16.1. The van der Waals surface area contributed by atoms with Crippen LogP contribution in [0.5, 0.6) is 0 Å². The van der Waals surface area contributed by atoms with Gasteiger partial charge < -0.3 is 19.8 Å². The zero-order chi connectivity index (χ0) is 58.4. The topological polar surface area (TPSA) is 105 Å². The number of aliphatic hydroxyl groups excluding tert-OH is 1. The van der Waals surface area contributed by atoms with E-state index in [0.717, 1.165) is 70.6 Å². The Bertz CT molecular complexity index is 1580. The summed E-state index contributed by atoms with van der Waals surface area (Å²) in [5, 5.41) is 13.9. The SMILES string of the molecule is CC/C=C\C/C=C\C/C=C\C/C=C\CCCCCCCCCCCCCCCCCCCCCCCCCCCCC(=O)NC(COP(=O)(O)OCC[N+](C)(C)C)C(O)/C=C/CC/C=C/CC/C=C/CCCCCCCCCCC. The van der Waals surface area contributed by atoms with Crippen LogP contribution in [0.2, 0.25) is 0 Å². The van der Waals surface area contributed by atoms with Crippen molar-refractivity contribution in [3.05, 3.63) is 85.1 Å². The number of phosphoric ester groups is 1. The monoisotopic (exact) mass is 1140 g/mol. The van der Waals surface area contributed by atoms with Crippen molar-refractivity contribution in [2.75, 3.05) is 40.9 Å². The van der Waals surface area contributed by atoms with Crippen LogP contribution >= 0.6 is 7.82 Å². The molecule has 0 saturated carbocycles. The van der Waals surface area contributed by atoms with E-state index in [0.29, 0.717) is 17.4 Å². The van der Waals surface area contributed by atoms with E-state index in [4.69, 9.17) is 9.05 Å². The van der Waals surface area contributed by atoms with E-state index in [2.05, 4.69) is 92.1 Å². The molecule has 8 nitrogen and oxygen atoms in total. The standard InChI is InChI=1S/C71H131N2O6P/c1-6-8-10-12-14-16-18-20-22-24-26-27-28-29-30-31-32-33-34-35-36-37-38-39-40-41-42-43-44-45-47-49-51-53-55-57-59-61-63-65-71(75)72-69(68-79-80(76,77)78-67-66-73(3,4)5)70(74)64-62-60-58-56-54-52-50-48-46-25-23-21-19-17-15-13-11-9-7-2/h8,10,14,16,20,22,26-27,46,48,54,56,62,64,69-70,74H,6-7,9,11-13,15,17-19,21,23-25,28-45,47,49-53,55,57-61,63,65-68H2,1-5H3,(H-,72,75,76,77)/p+1/b10-8-,16-14-,22-20-,27-26-,48-46+,56-54+,64-62+. The number of rotatable bonds is 62. The number of carbonyl (C=O) groups excluding carboxylic acids is 1. The molecule has 0 aliphatic rings. The molecule has 0 aromatic carbocycles. The van der Waals surface area contributed by atoms with Crippen molar-refractivity contribution in [1.82, 2.24) is 5.32 Å². The maximum absolute atomic E-state index is 13.0. The molecular formula is C71H132N2O6P+. The van der Waals surface area contributed by atoms with Gasteiger partial charge in [0.05, 0.1) is 39.9 Å². The second-order valence-corrected chi connectivity index (χ2v) is 25.6. The molecule has 466 valence electrons. The summed E-state index contributed by atoms with van der Waals surface area (Å²) in [5.74, 6) is -0.187. The molecule has 0 aromatic rings. The van der Waals surface area contributed by atoms with Crippen molar-refractivity contribution in [3.63, 3.8) is 0 Å². The van der Waals surface area contributed by atoms with E-state index in [1.54, 1.807) is 6.08 Å². The molecule has 0 spiro atoms. The van der Waals surface area contributed by atoms with Gasteiger partial charge in [-0.2, -0.15) is 0 Å². The third kappa shape index (κ3) is 63.3. The molecule has 0 fully saturated rings. The maximum Gasteiger partial charge on any atom is 0.472 e. The molecule has 0 heterocycles. The molecule has 3 N–H and O–H groups in total. The fourth-order valence-electron chi connectivity index (χ4n) is 9.83. The Morgan fingerprint density at radius 3 is 1.15 bits per heavy atom.